The molecule has 3 amide bonds. The Kier molecular flexibility index (Phi) is 4.80. The number of benzene rings is 1. The van der Waals surface area contributed by atoms with Gasteiger partial charge in [0.15, 0.2) is 0 Å². The van der Waals surface area contributed by atoms with E-state index < -0.39 is 6.03 Å². The molecule has 0 aliphatic rings. The minimum atomic E-state index is -0.470. The van der Waals surface area contributed by atoms with Gasteiger partial charge in [0, 0.05) is 12.2 Å². The first-order valence-electron chi connectivity index (χ1n) is 5.22. The van der Waals surface area contributed by atoms with Crippen LogP contribution in [-0.4, -0.2) is 30.1 Å². The molecule has 0 unspecified atom stereocenters. The molecule has 92 valence electrons. The highest BCUT2D eigenvalue weighted by Gasteiger charge is 2.04. The van der Waals surface area contributed by atoms with Gasteiger partial charge in [0.2, 0.25) is 5.91 Å². The average Bonchev–Trinajstić information content (AvgIpc) is 2.30. The lowest BCUT2D eigenvalue weighted by Crippen LogP contribution is -2.38. The molecular formula is C11H15N3O3. The molecule has 0 aliphatic carbocycles. The Bertz CT molecular complexity index is 389. The zero-order valence-electron chi connectivity index (χ0n) is 9.49. The summed E-state index contributed by atoms with van der Waals surface area (Å²) >= 11 is 0. The molecule has 6 heteroatoms. The van der Waals surface area contributed by atoms with Crippen LogP contribution in [0.1, 0.15) is 6.92 Å². The molecule has 6 nitrogen and oxygen atoms in total. The second-order valence-electron chi connectivity index (χ2n) is 3.31. The molecule has 0 heterocycles. The van der Waals surface area contributed by atoms with Crippen molar-refractivity contribution >= 4 is 17.6 Å². The highest BCUT2D eigenvalue weighted by atomic mass is 16.3. The van der Waals surface area contributed by atoms with E-state index in [2.05, 4.69) is 16.0 Å². The summed E-state index contributed by atoms with van der Waals surface area (Å²) in [6.45, 7) is 2.26. The monoisotopic (exact) mass is 237 g/mol. The van der Waals surface area contributed by atoms with Gasteiger partial charge in [0.25, 0.3) is 0 Å². The molecule has 0 aliphatic heterocycles. The number of hydrogen-bond donors (Lipinski definition) is 4. The van der Waals surface area contributed by atoms with E-state index in [1.807, 2.05) is 0 Å². The van der Waals surface area contributed by atoms with Gasteiger partial charge < -0.3 is 21.1 Å². The van der Waals surface area contributed by atoms with Gasteiger partial charge in [-0.1, -0.05) is 0 Å². The molecule has 17 heavy (non-hydrogen) atoms. The van der Waals surface area contributed by atoms with E-state index in [-0.39, 0.29) is 18.2 Å². The van der Waals surface area contributed by atoms with Crippen LogP contribution in [0.4, 0.5) is 10.5 Å². The summed E-state index contributed by atoms with van der Waals surface area (Å²) in [5, 5.41) is 16.5. The highest BCUT2D eigenvalue weighted by molar-refractivity contribution is 5.92. The maximum Gasteiger partial charge on any atom is 0.319 e. The first-order valence-corrected chi connectivity index (χ1v) is 5.22. The van der Waals surface area contributed by atoms with Crippen LogP contribution in [0, 0.1) is 0 Å². The van der Waals surface area contributed by atoms with Crippen molar-refractivity contribution in [3.05, 3.63) is 24.3 Å². The Morgan fingerprint density at radius 3 is 2.41 bits per heavy atom. The fourth-order valence-electron chi connectivity index (χ4n) is 1.14. The number of phenols is 1. The van der Waals surface area contributed by atoms with Crippen LogP contribution in [0.2, 0.25) is 0 Å². The minimum absolute atomic E-state index is 0.0717. The summed E-state index contributed by atoms with van der Waals surface area (Å²) in [4.78, 5) is 22.4. The van der Waals surface area contributed by atoms with Crippen LogP contribution in [0.3, 0.4) is 0 Å². The van der Waals surface area contributed by atoms with Crippen molar-refractivity contribution in [3.8, 4) is 5.75 Å². The topological polar surface area (TPSA) is 90.5 Å². The summed E-state index contributed by atoms with van der Waals surface area (Å²) < 4.78 is 0. The summed E-state index contributed by atoms with van der Waals surface area (Å²) in [7, 11) is 0. The number of likely N-dealkylation sites (N-methyl/N-ethyl adjacent to an activating group) is 1. The Labute approximate surface area is 99.0 Å². The fourth-order valence-corrected chi connectivity index (χ4v) is 1.14. The fraction of sp³-hybridized carbons (Fsp3) is 0.273. The number of anilines is 1. The van der Waals surface area contributed by atoms with E-state index in [4.69, 9.17) is 5.11 Å². The number of aromatic hydroxyl groups is 1. The second-order valence-corrected chi connectivity index (χ2v) is 3.31. The molecule has 1 aromatic rings. The van der Waals surface area contributed by atoms with Gasteiger partial charge >= 0.3 is 6.03 Å². The lowest BCUT2D eigenvalue weighted by atomic mass is 10.3. The third-order valence-electron chi connectivity index (χ3n) is 1.91. The van der Waals surface area contributed by atoms with Crippen molar-refractivity contribution < 1.29 is 14.7 Å². The number of phenolic OH excluding ortho intramolecular Hbond substituents is 1. The quantitative estimate of drug-likeness (QED) is 0.579. The number of amides is 3. The molecule has 1 aromatic carbocycles. The molecular weight excluding hydrogens is 222 g/mol. The van der Waals surface area contributed by atoms with Crippen molar-refractivity contribution in [2.45, 2.75) is 6.92 Å². The van der Waals surface area contributed by atoms with E-state index in [0.29, 0.717) is 12.2 Å². The molecule has 1 rings (SSSR count). The van der Waals surface area contributed by atoms with E-state index in [1.54, 1.807) is 19.1 Å². The number of carbonyl (C=O) groups is 2. The maximum absolute atomic E-state index is 11.3. The first kappa shape index (κ1) is 12.8. The smallest absolute Gasteiger partial charge is 0.319 e. The number of hydrogen-bond acceptors (Lipinski definition) is 3. The molecule has 0 fully saturated rings. The molecule has 0 saturated carbocycles. The van der Waals surface area contributed by atoms with Crippen LogP contribution < -0.4 is 16.0 Å². The van der Waals surface area contributed by atoms with Gasteiger partial charge in [-0.15, -0.1) is 0 Å². The van der Waals surface area contributed by atoms with E-state index in [1.165, 1.54) is 12.1 Å². The van der Waals surface area contributed by atoms with Crippen LogP contribution in [0.25, 0.3) is 0 Å². The molecule has 0 spiro atoms. The van der Waals surface area contributed by atoms with Crippen molar-refractivity contribution in [1.29, 1.82) is 0 Å². The third kappa shape index (κ3) is 4.87. The molecule has 0 aromatic heterocycles. The van der Waals surface area contributed by atoms with Crippen molar-refractivity contribution in [1.82, 2.24) is 10.6 Å². The molecule has 4 N–H and O–H groups in total. The Morgan fingerprint density at radius 1 is 1.18 bits per heavy atom. The largest absolute Gasteiger partial charge is 0.508 e. The van der Waals surface area contributed by atoms with Gasteiger partial charge in [0.05, 0.1) is 6.54 Å². The average molecular weight is 237 g/mol. The van der Waals surface area contributed by atoms with Crippen LogP contribution in [0.5, 0.6) is 5.75 Å². The van der Waals surface area contributed by atoms with Gasteiger partial charge in [-0.2, -0.15) is 0 Å². The van der Waals surface area contributed by atoms with Gasteiger partial charge in [-0.05, 0) is 31.2 Å². The predicted molar refractivity (Wildman–Crippen MR) is 63.8 cm³/mol. The van der Waals surface area contributed by atoms with E-state index in [0.717, 1.165) is 0 Å². The zero-order chi connectivity index (χ0) is 12.7. The molecule has 0 bridgehead atoms. The van der Waals surface area contributed by atoms with Gasteiger partial charge in [0.1, 0.15) is 5.75 Å². The lowest BCUT2D eigenvalue weighted by molar-refractivity contribution is -0.119. The van der Waals surface area contributed by atoms with Gasteiger partial charge in [-0.25, -0.2) is 4.79 Å². The van der Waals surface area contributed by atoms with Crippen LogP contribution in [0.15, 0.2) is 24.3 Å². The molecule has 0 atom stereocenters. The highest BCUT2D eigenvalue weighted by Crippen LogP contribution is 2.13. The van der Waals surface area contributed by atoms with Crippen LogP contribution in [-0.2, 0) is 4.79 Å². The normalized spacial score (nSPS) is 9.47. The zero-order valence-corrected chi connectivity index (χ0v) is 9.49. The standard InChI is InChI=1S/C11H15N3O3/c1-2-12-10(16)7-13-11(17)14-8-3-5-9(15)6-4-8/h3-6,15H,2,7H2,1H3,(H,12,16)(H2,13,14,17). The third-order valence-corrected chi connectivity index (χ3v) is 1.91. The van der Waals surface area contributed by atoms with Crippen molar-refractivity contribution in [2.75, 3.05) is 18.4 Å². The van der Waals surface area contributed by atoms with Crippen LogP contribution >= 0.6 is 0 Å². The maximum atomic E-state index is 11.3. The predicted octanol–water partition coefficient (Wildman–Crippen LogP) is 0.650. The second kappa shape index (κ2) is 6.37. The Morgan fingerprint density at radius 2 is 1.82 bits per heavy atom. The summed E-state index contributed by atoms with van der Waals surface area (Å²) in [5.41, 5.74) is 0.538. The van der Waals surface area contributed by atoms with E-state index in [9.17, 15) is 9.59 Å². The molecule has 0 saturated heterocycles. The first-order chi connectivity index (χ1) is 8.11. The number of urea groups is 1. The summed E-state index contributed by atoms with van der Waals surface area (Å²) in [6, 6.07) is 5.56. The number of rotatable bonds is 4. The Hall–Kier alpha value is -2.24. The minimum Gasteiger partial charge on any atom is -0.508 e. The number of carbonyl (C=O) groups excluding carboxylic acids is 2. The molecule has 0 radical (unpaired) electrons. The van der Waals surface area contributed by atoms with Crippen molar-refractivity contribution in [3.63, 3.8) is 0 Å². The number of nitrogens with one attached hydrogen (secondary N) is 3. The lowest BCUT2D eigenvalue weighted by Gasteiger charge is -2.07. The summed E-state index contributed by atoms with van der Waals surface area (Å²) in [6.07, 6.45) is 0. The summed E-state index contributed by atoms with van der Waals surface area (Å²) in [5.74, 6) is -0.119. The van der Waals surface area contributed by atoms with E-state index >= 15 is 0 Å². The SMILES string of the molecule is CCNC(=O)CNC(=O)Nc1ccc(O)cc1. The van der Waals surface area contributed by atoms with Crippen molar-refractivity contribution in [2.24, 2.45) is 0 Å². The van der Waals surface area contributed by atoms with Gasteiger partial charge in [-0.3, -0.25) is 4.79 Å². The Balaban J connectivity index is 2.34.